The van der Waals surface area contributed by atoms with Crippen LogP contribution in [-0.4, -0.2) is 39.1 Å². The second kappa shape index (κ2) is 5.97. The largest absolute Gasteiger partial charge is 0.339 e. The summed E-state index contributed by atoms with van der Waals surface area (Å²) >= 11 is 3.38. The van der Waals surface area contributed by atoms with Crippen LogP contribution in [0.15, 0.2) is 28.7 Å². The number of carbonyl (C=O) groups is 1. The first kappa shape index (κ1) is 14.3. The Labute approximate surface area is 131 Å². The van der Waals surface area contributed by atoms with Crippen LogP contribution in [0.1, 0.15) is 40.8 Å². The van der Waals surface area contributed by atoms with Gasteiger partial charge < -0.3 is 4.90 Å². The van der Waals surface area contributed by atoms with Gasteiger partial charge in [-0.15, -0.1) is 0 Å². The van der Waals surface area contributed by atoms with Gasteiger partial charge in [0.15, 0.2) is 5.82 Å². The highest BCUT2D eigenvalue weighted by Gasteiger charge is 2.26. The summed E-state index contributed by atoms with van der Waals surface area (Å²) in [6.45, 7) is 3.42. The van der Waals surface area contributed by atoms with Gasteiger partial charge in [0.2, 0.25) is 0 Å². The molecule has 0 aliphatic carbocycles. The molecule has 0 bridgehead atoms. The summed E-state index contributed by atoms with van der Waals surface area (Å²) < 4.78 is 0.984. The van der Waals surface area contributed by atoms with E-state index in [4.69, 9.17) is 0 Å². The van der Waals surface area contributed by atoms with Crippen LogP contribution in [0.5, 0.6) is 0 Å². The van der Waals surface area contributed by atoms with Crippen molar-refractivity contribution in [2.45, 2.75) is 25.7 Å². The van der Waals surface area contributed by atoms with Crippen LogP contribution in [0.25, 0.3) is 0 Å². The zero-order valence-corrected chi connectivity index (χ0v) is 13.4. The summed E-state index contributed by atoms with van der Waals surface area (Å²) in [4.78, 5) is 18.7. The number of hydrogen-bond donors (Lipinski definition) is 1. The fraction of sp³-hybridized carbons (Fsp3) is 0.400. The van der Waals surface area contributed by atoms with Crippen LogP contribution in [0.2, 0.25) is 0 Å². The van der Waals surface area contributed by atoms with E-state index in [9.17, 15) is 4.79 Å². The molecule has 0 saturated carbocycles. The molecule has 1 aliphatic rings. The molecule has 2 heterocycles. The van der Waals surface area contributed by atoms with Crippen molar-refractivity contribution in [2.24, 2.45) is 0 Å². The first-order valence-electron chi connectivity index (χ1n) is 7.07. The van der Waals surface area contributed by atoms with E-state index in [0.717, 1.165) is 47.6 Å². The molecule has 0 unspecified atom stereocenters. The van der Waals surface area contributed by atoms with Gasteiger partial charge in [-0.05, 0) is 44.0 Å². The lowest BCUT2D eigenvalue weighted by atomic mass is 9.95. The van der Waals surface area contributed by atoms with Gasteiger partial charge in [0.25, 0.3) is 5.91 Å². The van der Waals surface area contributed by atoms with E-state index in [1.165, 1.54) is 0 Å². The molecular formula is C15H17BrN4O. The number of hydrogen-bond acceptors (Lipinski definition) is 3. The SMILES string of the molecule is Cc1nc(C2CCN(C(=O)c3ccc(Br)cc3)CC2)n[nH]1. The quantitative estimate of drug-likeness (QED) is 0.907. The van der Waals surface area contributed by atoms with E-state index >= 15 is 0 Å². The molecule has 0 spiro atoms. The van der Waals surface area contributed by atoms with Crippen LogP contribution in [-0.2, 0) is 0 Å². The number of piperidine rings is 1. The number of nitrogens with one attached hydrogen (secondary N) is 1. The number of nitrogens with zero attached hydrogens (tertiary/aromatic N) is 3. The highest BCUT2D eigenvalue weighted by molar-refractivity contribution is 9.10. The fourth-order valence-electron chi connectivity index (χ4n) is 2.66. The topological polar surface area (TPSA) is 61.9 Å². The maximum atomic E-state index is 12.4. The Bertz CT molecular complexity index is 629. The van der Waals surface area contributed by atoms with Crippen LogP contribution in [0.3, 0.4) is 0 Å². The predicted molar refractivity (Wildman–Crippen MR) is 83.1 cm³/mol. The normalized spacial score (nSPS) is 16.2. The van der Waals surface area contributed by atoms with Gasteiger partial charge in [-0.3, -0.25) is 9.89 Å². The van der Waals surface area contributed by atoms with E-state index in [-0.39, 0.29) is 5.91 Å². The Hall–Kier alpha value is -1.69. The first-order chi connectivity index (χ1) is 10.1. The first-order valence-corrected chi connectivity index (χ1v) is 7.86. The number of benzene rings is 1. The highest BCUT2D eigenvalue weighted by Crippen LogP contribution is 2.26. The monoisotopic (exact) mass is 348 g/mol. The Morgan fingerprint density at radius 1 is 1.29 bits per heavy atom. The van der Waals surface area contributed by atoms with Crippen molar-refractivity contribution < 1.29 is 4.79 Å². The number of aromatic nitrogens is 3. The number of carbonyl (C=O) groups excluding carboxylic acids is 1. The maximum Gasteiger partial charge on any atom is 0.253 e. The third-order valence-corrected chi connectivity index (χ3v) is 4.38. The van der Waals surface area contributed by atoms with Crippen molar-refractivity contribution in [3.63, 3.8) is 0 Å². The minimum absolute atomic E-state index is 0.104. The van der Waals surface area contributed by atoms with Crippen LogP contribution in [0, 0.1) is 6.92 Å². The average molecular weight is 349 g/mol. The van der Waals surface area contributed by atoms with E-state index in [0.29, 0.717) is 5.92 Å². The van der Waals surface area contributed by atoms with Gasteiger partial charge in [0.1, 0.15) is 5.82 Å². The van der Waals surface area contributed by atoms with E-state index in [2.05, 4.69) is 31.1 Å². The summed E-state index contributed by atoms with van der Waals surface area (Å²) in [5.41, 5.74) is 0.741. The number of likely N-dealkylation sites (tertiary alicyclic amines) is 1. The molecule has 21 heavy (non-hydrogen) atoms. The van der Waals surface area contributed by atoms with Crippen molar-refractivity contribution in [1.82, 2.24) is 20.1 Å². The maximum absolute atomic E-state index is 12.4. The lowest BCUT2D eigenvalue weighted by molar-refractivity contribution is 0.0711. The number of amides is 1. The number of aromatic amines is 1. The van der Waals surface area contributed by atoms with Crippen LogP contribution < -0.4 is 0 Å². The minimum atomic E-state index is 0.104. The Morgan fingerprint density at radius 3 is 2.52 bits per heavy atom. The Morgan fingerprint density at radius 2 is 1.95 bits per heavy atom. The molecule has 5 nitrogen and oxygen atoms in total. The Kier molecular flexibility index (Phi) is 4.05. The molecule has 1 amide bonds. The number of aryl methyl sites for hydroxylation is 1. The molecule has 1 fully saturated rings. The lowest BCUT2D eigenvalue weighted by Gasteiger charge is -2.30. The van der Waals surface area contributed by atoms with Gasteiger partial charge in [-0.1, -0.05) is 15.9 Å². The molecule has 110 valence electrons. The van der Waals surface area contributed by atoms with E-state index < -0.39 is 0 Å². The molecule has 1 saturated heterocycles. The van der Waals surface area contributed by atoms with Gasteiger partial charge in [0.05, 0.1) is 0 Å². The van der Waals surface area contributed by atoms with E-state index in [1.54, 1.807) is 0 Å². The molecule has 6 heteroatoms. The molecule has 1 aromatic carbocycles. The molecule has 1 N–H and O–H groups in total. The van der Waals surface area contributed by atoms with Crippen molar-refractivity contribution in [3.05, 3.63) is 46.0 Å². The predicted octanol–water partition coefficient (Wildman–Crippen LogP) is 2.90. The summed E-state index contributed by atoms with van der Waals surface area (Å²) in [6.07, 6.45) is 1.83. The molecular weight excluding hydrogens is 332 g/mol. The summed E-state index contributed by atoms with van der Waals surface area (Å²) in [7, 11) is 0. The number of rotatable bonds is 2. The third kappa shape index (κ3) is 3.15. The fourth-order valence-corrected chi connectivity index (χ4v) is 2.92. The second-order valence-electron chi connectivity index (χ2n) is 5.35. The minimum Gasteiger partial charge on any atom is -0.339 e. The molecule has 2 aromatic rings. The van der Waals surface area contributed by atoms with Gasteiger partial charge >= 0.3 is 0 Å². The number of halogens is 1. The van der Waals surface area contributed by atoms with E-state index in [1.807, 2.05) is 36.1 Å². The van der Waals surface area contributed by atoms with Gasteiger partial charge in [0, 0.05) is 29.0 Å². The van der Waals surface area contributed by atoms with Gasteiger partial charge in [-0.2, -0.15) is 5.10 Å². The van der Waals surface area contributed by atoms with Crippen LogP contribution in [0.4, 0.5) is 0 Å². The van der Waals surface area contributed by atoms with Crippen LogP contribution >= 0.6 is 15.9 Å². The lowest BCUT2D eigenvalue weighted by Crippen LogP contribution is -2.38. The van der Waals surface area contributed by atoms with Crippen molar-refractivity contribution in [2.75, 3.05) is 13.1 Å². The highest BCUT2D eigenvalue weighted by atomic mass is 79.9. The summed E-state index contributed by atoms with van der Waals surface area (Å²) in [5, 5.41) is 7.12. The molecule has 0 atom stereocenters. The molecule has 3 rings (SSSR count). The second-order valence-corrected chi connectivity index (χ2v) is 6.27. The smallest absolute Gasteiger partial charge is 0.253 e. The zero-order valence-electron chi connectivity index (χ0n) is 11.8. The molecule has 0 radical (unpaired) electrons. The number of H-pyrrole nitrogens is 1. The van der Waals surface area contributed by atoms with Gasteiger partial charge in [-0.25, -0.2) is 4.98 Å². The Balaban J connectivity index is 1.63. The standard InChI is InChI=1S/C15H17BrN4O/c1-10-17-14(19-18-10)11-6-8-20(9-7-11)15(21)12-2-4-13(16)5-3-12/h2-5,11H,6-9H2,1H3,(H,17,18,19). The third-order valence-electron chi connectivity index (χ3n) is 3.85. The average Bonchev–Trinajstić information content (AvgIpc) is 2.94. The molecule has 1 aliphatic heterocycles. The summed E-state index contributed by atoms with van der Waals surface area (Å²) in [6, 6.07) is 7.51. The van der Waals surface area contributed by atoms with Crippen molar-refractivity contribution in [3.8, 4) is 0 Å². The summed E-state index contributed by atoms with van der Waals surface area (Å²) in [5.74, 6) is 2.18. The molecule has 1 aromatic heterocycles. The zero-order chi connectivity index (χ0) is 14.8. The van der Waals surface area contributed by atoms with Crippen molar-refractivity contribution in [1.29, 1.82) is 0 Å². The van der Waals surface area contributed by atoms with Crippen molar-refractivity contribution >= 4 is 21.8 Å².